The number of benzene rings is 1. The standard InChI is InChI=1S/C16H18N2O5S2/c1-3-18(4-2)25(22,23)13-9-14(24-10-13)15(19)17-12-7-5-11(6-8-12)16(20)21/h5-10H,3-4H2,1-2H3,(H,17,19)(H,20,21). The van der Waals surface area contributed by atoms with Crippen LogP contribution in [-0.4, -0.2) is 42.8 Å². The smallest absolute Gasteiger partial charge is 0.335 e. The summed E-state index contributed by atoms with van der Waals surface area (Å²) in [5.41, 5.74) is 0.540. The average Bonchev–Trinajstić information content (AvgIpc) is 3.07. The number of sulfonamides is 1. The van der Waals surface area contributed by atoms with Crippen molar-refractivity contribution in [2.24, 2.45) is 0 Å². The lowest BCUT2D eigenvalue weighted by atomic mass is 10.2. The molecule has 0 aliphatic rings. The van der Waals surface area contributed by atoms with Gasteiger partial charge in [-0.2, -0.15) is 4.31 Å². The minimum Gasteiger partial charge on any atom is -0.478 e. The summed E-state index contributed by atoms with van der Waals surface area (Å²) in [6.07, 6.45) is 0. The van der Waals surface area contributed by atoms with E-state index in [2.05, 4.69) is 5.32 Å². The number of anilines is 1. The highest BCUT2D eigenvalue weighted by molar-refractivity contribution is 7.89. The molecule has 134 valence electrons. The van der Waals surface area contributed by atoms with Crippen LogP contribution in [-0.2, 0) is 10.0 Å². The summed E-state index contributed by atoms with van der Waals surface area (Å²) < 4.78 is 26.2. The van der Waals surface area contributed by atoms with Crippen LogP contribution in [0.5, 0.6) is 0 Å². The van der Waals surface area contributed by atoms with Crippen molar-refractivity contribution in [1.29, 1.82) is 0 Å². The Morgan fingerprint density at radius 1 is 1.16 bits per heavy atom. The number of nitrogens with one attached hydrogen (secondary N) is 1. The predicted molar refractivity (Wildman–Crippen MR) is 95.8 cm³/mol. The van der Waals surface area contributed by atoms with Crippen molar-refractivity contribution in [3.63, 3.8) is 0 Å². The van der Waals surface area contributed by atoms with E-state index >= 15 is 0 Å². The van der Waals surface area contributed by atoms with Gasteiger partial charge in [0.05, 0.1) is 15.3 Å². The largest absolute Gasteiger partial charge is 0.478 e. The highest BCUT2D eigenvalue weighted by Crippen LogP contribution is 2.23. The van der Waals surface area contributed by atoms with Gasteiger partial charge in [0.25, 0.3) is 5.91 Å². The molecule has 0 unspecified atom stereocenters. The van der Waals surface area contributed by atoms with Gasteiger partial charge in [0.15, 0.2) is 0 Å². The number of nitrogens with zero attached hydrogens (tertiary/aromatic N) is 1. The van der Waals surface area contributed by atoms with E-state index in [0.717, 1.165) is 11.3 Å². The van der Waals surface area contributed by atoms with Crippen LogP contribution < -0.4 is 5.32 Å². The first-order valence-electron chi connectivity index (χ1n) is 7.53. The topological polar surface area (TPSA) is 104 Å². The maximum Gasteiger partial charge on any atom is 0.335 e. The zero-order valence-electron chi connectivity index (χ0n) is 13.7. The molecule has 25 heavy (non-hydrogen) atoms. The molecule has 7 nitrogen and oxygen atoms in total. The second-order valence-corrected chi connectivity index (χ2v) is 7.92. The van der Waals surface area contributed by atoms with Crippen LogP contribution in [0.15, 0.2) is 40.6 Å². The summed E-state index contributed by atoms with van der Waals surface area (Å²) in [5, 5.41) is 12.9. The molecule has 0 aliphatic carbocycles. The summed E-state index contributed by atoms with van der Waals surface area (Å²) in [7, 11) is -3.60. The molecular weight excluding hydrogens is 364 g/mol. The van der Waals surface area contributed by atoms with Crippen molar-refractivity contribution in [3.8, 4) is 0 Å². The van der Waals surface area contributed by atoms with Crippen molar-refractivity contribution in [2.75, 3.05) is 18.4 Å². The SMILES string of the molecule is CCN(CC)S(=O)(=O)c1csc(C(=O)Nc2ccc(C(=O)O)cc2)c1. The highest BCUT2D eigenvalue weighted by Gasteiger charge is 2.24. The fourth-order valence-corrected chi connectivity index (χ4v) is 4.79. The average molecular weight is 382 g/mol. The number of rotatable bonds is 7. The van der Waals surface area contributed by atoms with Crippen molar-refractivity contribution >= 4 is 38.9 Å². The number of aromatic carboxylic acids is 1. The van der Waals surface area contributed by atoms with Crippen LogP contribution in [0.4, 0.5) is 5.69 Å². The molecule has 0 saturated heterocycles. The number of carbonyl (C=O) groups excluding carboxylic acids is 1. The number of thiophene rings is 1. The summed E-state index contributed by atoms with van der Waals surface area (Å²) in [6, 6.07) is 7.05. The van der Waals surface area contributed by atoms with E-state index in [9.17, 15) is 18.0 Å². The Bertz CT molecular complexity index is 868. The van der Waals surface area contributed by atoms with Crippen LogP contribution in [0.2, 0.25) is 0 Å². The first kappa shape index (κ1) is 19.1. The Hall–Kier alpha value is -2.23. The maximum absolute atomic E-state index is 12.4. The van der Waals surface area contributed by atoms with Crippen molar-refractivity contribution in [3.05, 3.63) is 46.2 Å². The Kier molecular flexibility index (Phi) is 5.93. The third-order valence-corrected chi connectivity index (χ3v) is 6.64. The molecule has 2 aromatic rings. The summed E-state index contributed by atoms with van der Waals surface area (Å²) in [4.78, 5) is 23.4. The molecule has 2 N–H and O–H groups in total. The highest BCUT2D eigenvalue weighted by atomic mass is 32.2. The Balaban J connectivity index is 2.16. The van der Waals surface area contributed by atoms with Gasteiger partial charge in [0.2, 0.25) is 10.0 Å². The molecule has 0 bridgehead atoms. The van der Waals surface area contributed by atoms with Crippen LogP contribution >= 0.6 is 11.3 Å². The number of hydrogen-bond donors (Lipinski definition) is 2. The predicted octanol–water partition coefficient (Wildman–Crippen LogP) is 2.73. The van der Waals surface area contributed by atoms with Crippen molar-refractivity contribution in [1.82, 2.24) is 4.31 Å². The van der Waals surface area contributed by atoms with Gasteiger partial charge in [-0.3, -0.25) is 4.79 Å². The minimum atomic E-state index is -3.60. The van der Waals surface area contributed by atoms with Crippen LogP contribution in [0.3, 0.4) is 0 Å². The van der Waals surface area contributed by atoms with E-state index < -0.39 is 21.9 Å². The molecule has 0 radical (unpaired) electrons. The van der Waals surface area contributed by atoms with Gasteiger partial charge >= 0.3 is 5.97 Å². The van der Waals surface area contributed by atoms with Gasteiger partial charge in [0, 0.05) is 24.2 Å². The van der Waals surface area contributed by atoms with E-state index in [1.54, 1.807) is 13.8 Å². The molecule has 1 amide bonds. The normalized spacial score (nSPS) is 11.5. The van der Waals surface area contributed by atoms with E-state index in [4.69, 9.17) is 5.11 Å². The lowest BCUT2D eigenvalue weighted by Crippen LogP contribution is -2.30. The quantitative estimate of drug-likeness (QED) is 0.766. The molecule has 0 fully saturated rings. The van der Waals surface area contributed by atoms with Crippen LogP contribution in [0.25, 0.3) is 0 Å². The fourth-order valence-electron chi connectivity index (χ4n) is 2.17. The molecule has 1 heterocycles. The van der Waals surface area contributed by atoms with E-state index in [1.165, 1.54) is 40.0 Å². The van der Waals surface area contributed by atoms with Gasteiger partial charge in [-0.05, 0) is 30.3 Å². The zero-order valence-corrected chi connectivity index (χ0v) is 15.4. The van der Waals surface area contributed by atoms with Crippen LogP contribution in [0, 0.1) is 0 Å². The van der Waals surface area contributed by atoms with Gasteiger partial charge in [0.1, 0.15) is 0 Å². The number of amides is 1. The number of hydrogen-bond acceptors (Lipinski definition) is 5. The molecular formula is C16H18N2O5S2. The number of carbonyl (C=O) groups is 2. The third-order valence-electron chi connectivity index (χ3n) is 3.53. The van der Waals surface area contributed by atoms with Gasteiger partial charge in [-0.25, -0.2) is 13.2 Å². The molecule has 0 saturated carbocycles. The first-order chi connectivity index (χ1) is 11.8. The summed E-state index contributed by atoms with van der Waals surface area (Å²) in [5.74, 6) is -1.50. The van der Waals surface area contributed by atoms with Gasteiger partial charge in [-0.1, -0.05) is 13.8 Å². The summed E-state index contributed by atoms with van der Waals surface area (Å²) >= 11 is 1.04. The Morgan fingerprint density at radius 2 is 1.76 bits per heavy atom. The van der Waals surface area contributed by atoms with Gasteiger partial charge in [-0.15, -0.1) is 11.3 Å². The minimum absolute atomic E-state index is 0.0903. The third kappa shape index (κ3) is 4.25. The first-order valence-corrected chi connectivity index (χ1v) is 9.85. The molecule has 9 heteroatoms. The van der Waals surface area contributed by atoms with Crippen molar-refractivity contribution in [2.45, 2.75) is 18.7 Å². The molecule has 0 spiro atoms. The lowest BCUT2D eigenvalue weighted by Gasteiger charge is -2.17. The second kappa shape index (κ2) is 7.77. The van der Waals surface area contributed by atoms with E-state index in [0.29, 0.717) is 18.8 Å². The molecule has 2 rings (SSSR count). The van der Waals surface area contributed by atoms with Crippen molar-refractivity contribution < 1.29 is 23.1 Å². The maximum atomic E-state index is 12.4. The molecule has 1 aromatic carbocycles. The monoisotopic (exact) mass is 382 g/mol. The lowest BCUT2D eigenvalue weighted by molar-refractivity contribution is 0.0696. The van der Waals surface area contributed by atoms with E-state index in [1.807, 2.05) is 0 Å². The zero-order chi connectivity index (χ0) is 18.6. The van der Waals surface area contributed by atoms with E-state index in [-0.39, 0.29) is 15.3 Å². The Morgan fingerprint density at radius 3 is 2.28 bits per heavy atom. The Labute approximate surface area is 150 Å². The van der Waals surface area contributed by atoms with Gasteiger partial charge < -0.3 is 10.4 Å². The molecule has 0 atom stereocenters. The molecule has 1 aromatic heterocycles. The second-order valence-electron chi connectivity index (χ2n) is 5.07. The summed E-state index contributed by atoms with van der Waals surface area (Å²) in [6.45, 7) is 4.21. The van der Waals surface area contributed by atoms with Crippen LogP contribution in [0.1, 0.15) is 33.9 Å². The fraction of sp³-hybridized carbons (Fsp3) is 0.250. The number of carboxylic acids is 1. The molecule has 0 aliphatic heterocycles. The number of carboxylic acid groups (broad SMARTS) is 1.